The predicted molar refractivity (Wildman–Crippen MR) is 88.0 cm³/mol. The molecule has 0 aromatic carbocycles. The molecular weight excluding hydrogens is 323 g/mol. The summed E-state index contributed by atoms with van der Waals surface area (Å²) in [5, 5.41) is 0. The lowest BCUT2D eigenvalue weighted by atomic mass is 10.4. The van der Waals surface area contributed by atoms with Crippen LogP contribution in [0.4, 0.5) is 0 Å². The van der Waals surface area contributed by atoms with Gasteiger partial charge in [-0.2, -0.15) is 0 Å². The van der Waals surface area contributed by atoms with Crippen LogP contribution in [0.25, 0.3) is 0 Å². The quantitative estimate of drug-likeness (QED) is 0.204. The van der Waals surface area contributed by atoms with Crippen LogP contribution in [0.2, 0.25) is 0 Å². The van der Waals surface area contributed by atoms with E-state index in [9.17, 15) is 4.57 Å². The molecule has 0 aliphatic carbocycles. The summed E-state index contributed by atoms with van der Waals surface area (Å²) in [7, 11) is -3.74. The topological polar surface area (TPSA) is 72.5 Å². The molecule has 0 aliphatic rings. The van der Waals surface area contributed by atoms with E-state index in [4.69, 9.17) is 27.8 Å². The molecule has 8 heteroatoms. The van der Waals surface area contributed by atoms with Crippen LogP contribution >= 0.6 is 7.82 Å². The van der Waals surface area contributed by atoms with Crippen LogP contribution in [0.1, 0.15) is 59.3 Å². The number of phosphoric ester groups is 1. The van der Waals surface area contributed by atoms with E-state index in [0.29, 0.717) is 19.8 Å². The van der Waals surface area contributed by atoms with E-state index in [1.165, 1.54) is 0 Å². The summed E-state index contributed by atoms with van der Waals surface area (Å²) in [4.78, 5) is 0. The Hall–Kier alpha value is -0.0100. The van der Waals surface area contributed by atoms with Crippen LogP contribution in [-0.4, -0.2) is 40.2 Å². The second kappa shape index (κ2) is 16.8. The number of rotatable bonds is 18. The number of unbranched alkanes of at least 4 members (excludes halogenated alkanes) is 3. The van der Waals surface area contributed by atoms with Crippen molar-refractivity contribution in [3.05, 3.63) is 0 Å². The molecule has 0 rings (SSSR count). The van der Waals surface area contributed by atoms with Crippen LogP contribution in [0.5, 0.6) is 0 Å². The maximum absolute atomic E-state index is 12.4. The van der Waals surface area contributed by atoms with E-state index in [1.54, 1.807) is 0 Å². The highest BCUT2D eigenvalue weighted by molar-refractivity contribution is 7.48. The molecule has 0 aromatic heterocycles. The molecule has 0 fully saturated rings. The average molecular weight is 356 g/mol. The summed E-state index contributed by atoms with van der Waals surface area (Å²) in [5.41, 5.74) is 0. The van der Waals surface area contributed by atoms with E-state index < -0.39 is 7.82 Å². The van der Waals surface area contributed by atoms with Crippen LogP contribution in [0.15, 0.2) is 0 Å². The molecular formula is C15H33O7P. The van der Waals surface area contributed by atoms with Gasteiger partial charge in [0.1, 0.15) is 0 Å². The summed E-state index contributed by atoms with van der Waals surface area (Å²) in [6.07, 6.45) is 5.78. The Kier molecular flexibility index (Phi) is 16.8. The van der Waals surface area contributed by atoms with Gasteiger partial charge in [-0.1, -0.05) is 40.0 Å². The normalized spacial score (nSPS) is 12.0. The molecule has 0 radical (unpaired) electrons. The minimum atomic E-state index is -3.74. The van der Waals surface area contributed by atoms with Gasteiger partial charge in [0.2, 0.25) is 0 Å². The van der Waals surface area contributed by atoms with Crippen LogP contribution in [0.3, 0.4) is 0 Å². The fourth-order valence-corrected chi connectivity index (χ4v) is 2.17. The Morgan fingerprint density at radius 3 is 1.17 bits per heavy atom. The van der Waals surface area contributed by atoms with Gasteiger partial charge in [-0.05, 0) is 19.3 Å². The second-order valence-corrected chi connectivity index (χ2v) is 6.64. The first-order valence-corrected chi connectivity index (χ1v) is 9.91. The summed E-state index contributed by atoms with van der Waals surface area (Å²) in [6, 6.07) is 0. The zero-order valence-corrected chi connectivity index (χ0v) is 15.7. The third-order valence-electron chi connectivity index (χ3n) is 2.81. The molecule has 0 spiro atoms. The van der Waals surface area contributed by atoms with E-state index >= 15 is 0 Å². The Labute approximate surface area is 140 Å². The molecule has 0 atom stereocenters. The van der Waals surface area contributed by atoms with Crippen molar-refractivity contribution in [3.8, 4) is 0 Å². The van der Waals surface area contributed by atoms with Crippen molar-refractivity contribution >= 4 is 7.82 Å². The van der Waals surface area contributed by atoms with Crippen molar-refractivity contribution in [3.63, 3.8) is 0 Å². The molecule has 0 unspecified atom stereocenters. The SMILES string of the molecule is CCCCOCOP(=O)(OCOCCCC)OCOCCCC. The van der Waals surface area contributed by atoms with E-state index in [1.807, 2.05) is 0 Å². The van der Waals surface area contributed by atoms with Crippen LogP contribution in [0, 0.1) is 0 Å². The molecule has 0 amide bonds. The summed E-state index contributed by atoms with van der Waals surface area (Å²) >= 11 is 0. The molecule has 0 heterocycles. The molecule has 23 heavy (non-hydrogen) atoms. The summed E-state index contributed by atoms with van der Waals surface area (Å²) < 4.78 is 43.4. The number of hydrogen-bond donors (Lipinski definition) is 0. The average Bonchev–Trinajstić information content (AvgIpc) is 2.54. The minimum Gasteiger partial charge on any atom is -0.355 e. The predicted octanol–water partition coefficient (Wildman–Crippen LogP) is 4.47. The van der Waals surface area contributed by atoms with Gasteiger partial charge in [0.25, 0.3) is 0 Å². The lowest BCUT2D eigenvalue weighted by molar-refractivity contribution is -0.0710. The molecule has 0 aliphatic heterocycles. The van der Waals surface area contributed by atoms with Gasteiger partial charge in [-0.25, -0.2) is 4.57 Å². The first kappa shape index (κ1) is 23.0. The zero-order valence-electron chi connectivity index (χ0n) is 14.8. The number of hydrogen-bond acceptors (Lipinski definition) is 7. The monoisotopic (exact) mass is 356 g/mol. The minimum absolute atomic E-state index is 0.152. The standard InChI is InChI=1S/C15H33O7P/c1-4-7-10-17-13-20-23(16,21-14-18-11-8-5-2)22-15-19-12-9-6-3/h4-15H2,1-3H3. The second-order valence-electron chi connectivity index (χ2n) is 4.97. The molecule has 7 nitrogen and oxygen atoms in total. The van der Waals surface area contributed by atoms with E-state index in [-0.39, 0.29) is 20.4 Å². The smallest absolute Gasteiger partial charge is 0.355 e. The fraction of sp³-hybridized carbons (Fsp3) is 1.00. The summed E-state index contributed by atoms with van der Waals surface area (Å²) in [6.45, 7) is 7.33. The number of phosphoric acid groups is 1. The van der Waals surface area contributed by atoms with Gasteiger partial charge in [-0.3, -0.25) is 13.6 Å². The highest BCUT2D eigenvalue weighted by Crippen LogP contribution is 2.49. The van der Waals surface area contributed by atoms with Gasteiger partial charge in [0, 0.05) is 19.8 Å². The third kappa shape index (κ3) is 15.3. The van der Waals surface area contributed by atoms with Crippen molar-refractivity contribution in [1.29, 1.82) is 0 Å². The van der Waals surface area contributed by atoms with Gasteiger partial charge < -0.3 is 14.2 Å². The van der Waals surface area contributed by atoms with Crippen molar-refractivity contribution in [1.82, 2.24) is 0 Å². The molecule has 0 saturated heterocycles. The Morgan fingerprint density at radius 2 is 0.913 bits per heavy atom. The zero-order chi connectivity index (χ0) is 17.2. The van der Waals surface area contributed by atoms with Crippen molar-refractivity contribution in [2.24, 2.45) is 0 Å². The van der Waals surface area contributed by atoms with Crippen molar-refractivity contribution < 1.29 is 32.3 Å². The van der Waals surface area contributed by atoms with E-state index in [0.717, 1.165) is 38.5 Å². The molecule has 0 N–H and O–H groups in total. The largest absolute Gasteiger partial charge is 0.481 e. The summed E-state index contributed by atoms with van der Waals surface area (Å²) in [5.74, 6) is 0. The third-order valence-corrected chi connectivity index (χ3v) is 4.07. The maximum atomic E-state index is 12.4. The Balaban J connectivity index is 4.03. The van der Waals surface area contributed by atoms with Crippen molar-refractivity contribution in [2.45, 2.75) is 59.3 Å². The Bertz CT molecular complexity index is 246. The highest BCUT2D eigenvalue weighted by Gasteiger charge is 2.27. The fourth-order valence-electron chi connectivity index (χ4n) is 1.33. The molecule has 0 saturated carbocycles. The molecule has 0 aromatic rings. The van der Waals surface area contributed by atoms with Gasteiger partial charge in [0.05, 0.1) is 0 Å². The molecule has 140 valence electrons. The lowest BCUT2D eigenvalue weighted by Gasteiger charge is -2.18. The number of ether oxygens (including phenoxy) is 3. The van der Waals surface area contributed by atoms with E-state index in [2.05, 4.69) is 20.8 Å². The van der Waals surface area contributed by atoms with Gasteiger partial charge in [0.15, 0.2) is 20.4 Å². The lowest BCUT2D eigenvalue weighted by Crippen LogP contribution is -2.09. The van der Waals surface area contributed by atoms with Crippen LogP contribution < -0.4 is 0 Å². The van der Waals surface area contributed by atoms with Crippen molar-refractivity contribution in [2.75, 3.05) is 40.2 Å². The Morgan fingerprint density at radius 1 is 0.609 bits per heavy atom. The van der Waals surface area contributed by atoms with Gasteiger partial charge in [-0.15, -0.1) is 0 Å². The molecule has 0 bridgehead atoms. The highest BCUT2D eigenvalue weighted by atomic mass is 31.2. The van der Waals surface area contributed by atoms with Crippen LogP contribution in [-0.2, 0) is 32.3 Å². The van der Waals surface area contributed by atoms with Gasteiger partial charge >= 0.3 is 7.82 Å². The first-order valence-electron chi connectivity index (χ1n) is 8.45. The maximum Gasteiger partial charge on any atom is 0.481 e. The first-order chi connectivity index (χ1) is 11.2.